The Kier molecular flexibility index (Phi) is 1.64. The number of quaternary nitrogens is 1. The van der Waals surface area contributed by atoms with E-state index < -0.39 is 0 Å². The molecule has 0 radical (unpaired) electrons. The van der Waals surface area contributed by atoms with E-state index >= 15 is 0 Å². The first-order valence-electron chi connectivity index (χ1n) is 3.67. The minimum absolute atomic E-state index is 0.902. The van der Waals surface area contributed by atoms with Crippen molar-refractivity contribution < 1.29 is 5.73 Å². The molecule has 11 heavy (non-hydrogen) atoms. The van der Waals surface area contributed by atoms with E-state index in [9.17, 15) is 0 Å². The second-order valence-electron chi connectivity index (χ2n) is 2.50. The molecule has 1 aromatic carbocycles. The van der Waals surface area contributed by atoms with Crippen molar-refractivity contribution in [3.05, 3.63) is 35.2 Å². The Balaban J connectivity index is 2.69. The van der Waals surface area contributed by atoms with Gasteiger partial charge < -0.3 is 5.73 Å². The van der Waals surface area contributed by atoms with E-state index in [-0.39, 0.29) is 0 Å². The van der Waals surface area contributed by atoms with E-state index in [1.807, 2.05) is 11.3 Å². The summed E-state index contributed by atoms with van der Waals surface area (Å²) in [7, 11) is 0. The average molecular weight is 164 g/mol. The molecule has 0 atom stereocenters. The van der Waals surface area contributed by atoms with Gasteiger partial charge in [0.25, 0.3) is 0 Å². The molecular weight excluding hydrogens is 154 g/mol. The number of fused-ring (bicyclic) bond motifs is 1. The van der Waals surface area contributed by atoms with E-state index in [0.717, 1.165) is 6.54 Å². The van der Waals surface area contributed by atoms with Crippen LogP contribution in [0.1, 0.15) is 4.88 Å². The fourth-order valence-corrected chi connectivity index (χ4v) is 2.12. The van der Waals surface area contributed by atoms with E-state index in [2.05, 4.69) is 36.1 Å². The highest BCUT2D eigenvalue weighted by Gasteiger charge is 1.98. The van der Waals surface area contributed by atoms with Gasteiger partial charge in [0.1, 0.15) is 6.54 Å². The second-order valence-corrected chi connectivity index (χ2v) is 3.67. The molecule has 0 aliphatic rings. The van der Waals surface area contributed by atoms with Gasteiger partial charge in [-0.3, -0.25) is 0 Å². The Morgan fingerprint density at radius 2 is 2.09 bits per heavy atom. The summed E-state index contributed by atoms with van der Waals surface area (Å²) in [6, 6.07) is 10.7. The molecule has 1 aromatic heterocycles. The molecular formula is C9H10NS+. The van der Waals surface area contributed by atoms with Crippen molar-refractivity contribution in [3.8, 4) is 0 Å². The summed E-state index contributed by atoms with van der Waals surface area (Å²) in [5, 5.41) is 1.34. The smallest absolute Gasteiger partial charge is 0.109 e. The minimum atomic E-state index is 0.902. The Bertz CT molecular complexity index is 331. The van der Waals surface area contributed by atoms with Gasteiger partial charge in [-0.1, -0.05) is 18.2 Å². The number of hydrogen-bond donors (Lipinski definition) is 1. The van der Waals surface area contributed by atoms with Crippen molar-refractivity contribution >= 4 is 21.4 Å². The predicted octanol–water partition coefficient (Wildman–Crippen LogP) is 1.64. The van der Waals surface area contributed by atoms with Crippen LogP contribution in [-0.2, 0) is 6.54 Å². The van der Waals surface area contributed by atoms with Gasteiger partial charge in [-0.15, -0.1) is 11.3 Å². The normalized spacial score (nSPS) is 10.6. The van der Waals surface area contributed by atoms with E-state index in [0.29, 0.717) is 0 Å². The maximum atomic E-state index is 3.86. The molecule has 1 nitrogen and oxygen atoms in total. The van der Waals surface area contributed by atoms with E-state index in [4.69, 9.17) is 0 Å². The lowest BCUT2D eigenvalue weighted by Crippen LogP contribution is -2.47. The summed E-state index contributed by atoms with van der Waals surface area (Å²) in [6.07, 6.45) is 0. The molecule has 2 heteroatoms. The van der Waals surface area contributed by atoms with Crippen LogP contribution in [0.15, 0.2) is 30.3 Å². The minimum Gasteiger partial charge on any atom is -0.353 e. The summed E-state index contributed by atoms with van der Waals surface area (Å²) >= 11 is 1.83. The molecule has 0 aliphatic carbocycles. The third kappa shape index (κ3) is 1.15. The molecule has 0 aliphatic heterocycles. The summed E-state index contributed by atoms with van der Waals surface area (Å²) in [5.74, 6) is 0. The van der Waals surface area contributed by atoms with Crippen LogP contribution in [0.25, 0.3) is 10.1 Å². The van der Waals surface area contributed by atoms with Crippen LogP contribution in [0.5, 0.6) is 0 Å². The van der Waals surface area contributed by atoms with Gasteiger partial charge in [0.15, 0.2) is 0 Å². The topological polar surface area (TPSA) is 27.6 Å². The molecule has 0 bridgehead atoms. The monoisotopic (exact) mass is 164 g/mol. The molecule has 3 N–H and O–H groups in total. The standard InChI is InChI=1S/C9H9NS/c10-6-8-5-7-3-1-2-4-9(7)11-8/h1-5H,6,10H2/p+1. The Morgan fingerprint density at radius 1 is 1.27 bits per heavy atom. The molecule has 56 valence electrons. The maximum absolute atomic E-state index is 3.86. The van der Waals surface area contributed by atoms with Gasteiger partial charge >= 0.3 is 0 Å². The zero-order chi connectivity index (χ0) is 7.68. The zero-order valence-electron chi connectivity index (χ0n) is 6.21. The summed E-state index contributed by atoms with van der Waals surface area (Å²) in [5.41, 5.74) is 3.86. The highest BCUT2D eigenvalue weighted by atomic mass is 32.1. The van der Waals surface area contributed by atoms with Crippen LogP contribution in [-0.4, -0.2) is 0 Å². The van der Waals surface area contributed by atoms with Crippen molar-refractivity contribution in [1.82, 2.24) is 0 Å². The summed E-state index contributed by atoms with van der Waals surface area (Å²) in [4.78, 5) is 1.37. The van der Waals surface area contributed by atoms with Gasteiger partial charge in [0, 0.05) is 4.70 Å². The van der Waals surface area contributed by atoms with Gasteiger partial charge in [-0.2, -0.15) is 0 Å². The van der Waals surface area contributed by atoms with Crippen LogP contribution in [0.3, 0.4) is 0 Å². The van der Waals surface area contributed by atoms with Crippen molar-refractivity contribution in [1.29, 1.82) is 0 Å². The average Bonchev–Trinajstić information content (AvgIpc) is 2.46. The van der Waals surface area contributed by atoms with Crippen molar-refractivity contribution in [2.75, 3.05) is 0 Å². The molecule has 0 fully saturated rings. The number of thiophene rings is 1. The van der Waals surface area contributed by atoms with Crippen LogP contribution < -0.4 is 5.73 Å². The Hall–Kier alpha value is -0.860. The van der Waals surface area contributed by atoms with Crippen LogP contribution >= 0.6 is 11.3 Å². The van der Waals surface area contributed by atoms with Crippen LogP contribution in [0.4, 0.5) is 0 Å². The highest BCUT2D eigenvalue weighted by molar-refractivity contribution is 7.19. The molecule has 0 amide bonds. The molecule has 2 rings (SSSR count). The first kappa shape index (κ1) is 6.83. The van der Waals surface area contributed by atoms with E-state index in [1.54, 1.807) is 0 Å². The predicted molar refractivity (Wildman–Crippen MR) is 48.4 cm³/mol. The quantitative estimate of drug-likeness (QED) is 0.663. The molecule has 0 saturated heterocycles. The molecule has 2 aromatic rings. The number of benzene rings is 1. The van der Waals surface area contributed by atoms with Gasteiger partial charge in [0.2, 0.25) is 0 Å². The molecule has 0 unspecified atom stereocenters. The fraction of sp³-hybridized carbons (Fsp3) is 0.111. The number of rotatable bonds is 1. The summed E-state index contributed by atoms with van der Waals surface area (Å²) < 4.78 is 1.37. The zero-order valence-corrected chi connectivity index (χ0v) is 7.03. The first-order chi connectivity index (χ1) is 5.40. The van der Waals surface area contributed by atoms with Gasteiger partial charge in [0.05, 0.1) is 4.88 Å². The Morgan fingerprint density at radius 3 is 2.82 bits per heavy atom. The van der Waals surface area contributed by atoms with Crippen LogP contribution in [0, 0.1) is 0 Å². The van der Waals surface area contributed by atoms with Crippen molar-refractivity contribution in [2.45, 2.75) is 6.54 Å². The molecule has 1 heterocycles. The molecule has 0 saturated carbocycles. The number of hydrogen-bond acceptors (Lipinski definition) is 1. The third-order valence-electron chi connectivity index (χ3n) is 1.72. The SMILES string of the molecule is [NH3+]Cc1cc2ccccc2s1. The lowest BCUT2D eigenvalue weighted by Gasteiger charge is -1.82. The largest absolute Gasteiger partial charge is 0.353 e. The fourth-order valence-electron chi connectivity index (χ4n) is 1.16. The van der Waals surface area contributed by atoms with Crippen molar-refractivity contribution in [3.63, 3.8) is 0 Å². The maximum Gasteiger partial charge on any atom is 0.109 e. The Labute approximate surface area is 69.5 Å². The second kappa shape index (κ2) is 2.64. The van der Waals surface area contributed by atoms with Gasteiger partial charge in [-0.05, 0) is 17.5 Å². The summed E-state index contributed by atoms with van der Waals surface area (Å²) in [6.45, 7) is 0.902. The molecule has 0 spiro atoms. The van der Waals surface area contributed by atoms with Crippen molar-refractivity contribution in [2.24, 2.45) is 0 Å². The first-order valence-corrected chi connectivity index (χ1v) is 4.48. The lowest BCUT2D eigenvalue weighted by atomic mass is 10.2. The lowest BCUT2D eigenvalue weighted by molar-refractivity contribution is -0.385. The third-order valence-corrected chi connectivity index (χ3v) is 2.90. The van der Waals surface area contributed by atoms with Crippen LogP contribution in [0.2, 0.25) is 0 Å². The van der Waals surface area contributed by atoms with Gasteiger partial charge in [-0.25, -0.2) is 0 Å². The van der Waals surface area contributed by atoms with E-state index in [1.165, 1.54) is 15.0 Å². The highest BCUT2D eigenvalue weighted by Crippen LogP contribution is 2.24.